The zero-order chi connectivity index (χ0) is 20.3. The molecule has 0 saturated carbocycles. The van der Waals surface area contributed by atoms with Gasteiger partial charge in [-0.1, -0.05) is 30.8 Å². The number of hydrogen-bond acceptors (Lipinski definition) is 7. The number of ether oxygens (including phenoxy) is 2. The lowest BCUT2D eigenvalue weighted by Gasteiger charge is -2.28. The topological polar surface area (TPSA) is 78.3 Å². The van der Waals surface area contributed by atoms with E-state index >= 15 is 0 Å². The fourth-order valence-corrected chi connectivity index (χ4v) is 3.64. The van der Waals surface area contributed by atoms with Crippen molar-refractivity contribution >= 4 is 23.7 Å². The molecule has 0 aliphatic carbocycles. The second-order valence-corrected chi connectivity index (χ2v) is 7.85. The van der Waals surface area contributed by atoms with Crippen LogP contribution in [0, 0.1) is 0 Å². The second-order valence-electron chi connectivity index (χ2n) is 6.62. The Morgan fingerprint density at radius 3 is 2.61 bits per heavy atom. The van der Waals surface area contributed by atoms with Crippen molar-refractivity contribution in [3.63, 3.8) is 0 Å². The van der Waals surface area contributed by atoms with Gasteiger partial charge in [0.2, 0.25) is 11.1 Å². The molecule has 0 fully saturated rings. The Morgan fingerprint density at radius 1 is 1.29 bits per heavy atom. The molecule has 7 nitrogen and oxygen atoms in total. The lowest BCUT2D eigenvalue weighted by atomic mass is 9.95. The highest BCUT2D eigenvalue weighted by atomic mass is 32.2. The fourth-order valence-electron chi connectivity index (χ4n) is 3.08. The van der Waals surface area contributed by atoms with E-state index in [0.29, 0.717) is 23.3 Å². The van der Waals surface area contributed by atoms with Crippen molar-refractivity contribution in [1.29, 1.82) is 0 Å². The number of nitrogens with zero attached hydrogens (tertiary/aromatic N) is 3. The monoisotopic (exact) mass is 402 g/mol. The lowest BCUT2D eigenvalue weighted by Crippen LogP contribution is -2.30. The molecule has 0 saturated heterocycles. The van der Waals surface area contributed by atoms with E-state index in [1.54, 1.807) is 16.4 Å². The quantitative estimate of drug-likeness (QED) is 0.553. The molecule has 1 unspecified atom stereocenters. The van der Waals surface area contributed by atoms with Gasteiger partial charge in [0.1, 0.15) is 11.8 Å². The number of carbonyl (C=O) groups excluding carboxylic acids is 1. The summed E-state index contributed by atoms with van der Waals surface area (Å²) in [7, 11) is 0. The minimum atomic E-state index is -0.420. The first kappa shape index (κ1) is 20.3. The third-order valence-electron chi connectivity index (χ3n) is 4.18. The van der Waals surface area contributed by atoms with E-state index in [4.69, 9.17) is 9.47 Å². The molecule has 28 heavy (non-hydrogen) atoms. The van der Waals surface area contributed by atoms with Crippen LogP contribution in [0.1, 0.15) is 46.2 Å². The Kier molecular flexibility index (Phi) is 6.28. The van der Waals surface area contributed by atoms with Gasteiger partial charge in [0.25, 0.3) is 0 Å². The van der Waals surface area contributed by atoms with Crippen LogP contribution in [-0.2, 0) is 9.53 Å². The molecule has 1 aromatic heterocycles. The number of carbonyl (C=O) groups is 1. The number of hydrogen-bond donors (Lipinski definition) is 1. The van der Waals surface area contributed by atoms with Crippen molar-refractivity contribution in [3.8, 4) is 5.75 Å². The van der Waals surface area contributed by atoms with E-state index in [0.717, 1.165) is 22.8 Å². The molecule has 8 heteroatoms. The summed E-state index contributed by atoms with van der Waals surface area (Å²) in [6.07, 6.45) is -0.211. The zero-order valence-electron chi connectivity index (χ0n) is 16.9. The molecular weight excluding hydrogens is 376 g/mol. The van der Waals surface area contributed by atoms with Gasteiger partial charge in [-0.25, -0.2) is 9.48 Å². The largest absolute Gasteiger partial charge is 0.494 e. The Hall–Kier alpha value is -2.48. The maximum Gasteiger partial charge on any atom is 0.338 e. The number of allylic oxidation sites excluding steroid dienone is 1. The van der Waals surface area contributed by atoms with Crippen molar-refractivity contribution in [2.75, 3.05) is 17.7 Å². The van der Waals surface area contributed by atoms with Gasteiger partial charge in [0.05, 0.1) is 18.3 Å². The molecule has 0 amide bonds. The maximum absolute atomic E-state index is 12.9. The Bertz CT molecular complexity index is 874. The number of aromatic nitrogens is 3. The minimum absolute atomic E-state index is 0.211. The Labute approximate surface area is 169 Å². The van der Waals surface area contributed by atoms with Crippen LogP contribution in [0.15, 0.2) is 40.7 Å². The number of thioether (sulfide) groups is 1. The van der Waals surface area contributed by atoms with Gasteiger partial charge < -0.3 is 14.8 Å². The molecule has 0 spiro atoms. The molecule has 0 bridgehead atoms. The highest BCUT2D eigenvalue weighted by Gasteiger charge is 2.35. The molecule has 150 valence electrons. The molecule has 2 aromatic rings. The van der Waals surface area contributed by atoms with E-state index in [1.807, 2.05) is 52.0 Å². The maximum atomic E-state index is 12.9. The predicted octanol–water partition coefficient (Wildman–Crippen LogP) is 4.03. The Balaban J connectivity index is 2.07. The lowest BCUT2D eigenvalue weighted by molar-refractivity contribution is -0.143. The van der Waals surface area contributed by atoms with Crippen LogP contribution >= 0.6 is 11.8 Å². The normalized spacial score (nSPS) is 16.0. The van der Waals surface area contributed by atoms with E-state index in [9.17, 15) is 4.79 Å². The van der Waals surface area contributed by atoms with Crippen molar-refractivity contribution in [1.82, 2.24) is 14.8 Å². The summed E-state index contributed by atoms with van der Waals surface area (Å²) in [5.41, 5.74) is 2.17. The summed E-state index contributed by atoms with van der Waals surface area (Å²) in [5, 5.41) is 8.51. The molecule has 1 aliphatic rings. The highest BCUT2D eigenvalue weighted by molar-refractivity contribution is 7.99. The standard InChI is InChI=1S/C20H26N4O3S/c1-6-26-15-10-8-14(9-11-15)17-16(18(25)27-12(3)4)13(5)21-19-22-20(28-7-2)23-24(17)19/h8-12,17H,6-7H2,1-5H3,(H,21,22,23). The summed E-state index contributed by atoms with van der Waals surface area (Å²) in [6, 6.07) is 7.29. The Morgan fingerprint density at radius 2 is 2.00 bits per heavy atom. The molecule has 2 heterocycles. The number of esters is 1. The first-order valence-corrected chi connectivity index (χ1v) is 10.4. The minimum Gasteiger partial charge on any atom is -0.494 e. The number of benzene rings is 1. The average Bonchev–Trinajstić information content (AvgIpc) is 3.03. The van der Waals surface area contributed by atoms with Gasteiger partial charge in [-0.2, -0.15) is 4.98 Å². The summed E-state index contributed by atoms with van der Waals surface area (Å²) < 4.78 is 12.8. The summed E-state index contributed by atoms with van der Waals surface area (Å²) in [4.78, 5) is 17.5. The zero-order valence-corrected chi connectivity index (χ0v) is 17.7. The van der Waals surface area contributed by atoms with Gasteiger partial charge in [0, 0.05) is 5.70 Å². The molecule has 1 aromatic carbocycles. The summed E-state index contributed by atoms with van der Waals surface area (Å²) >= 11 is 1.56. The number of fused-ring (bicyclic) bond motifs is 1. The first-order valence-electron chi connectivity index (χ1n) is 9.45. The van der Waals surface area contributed by atoms with Crippen LogP contribution in [0.4, 0.5) is 5.95 Å². The third kappa shape index (κ3) is 4.16. The van der Waals surface area contributed by atoms with Crippen molar-refractivity contribution in [3.05, 3.63) is 41.1 Å². The molecule has 1 atom stereocenters. The van der Waals surface area contributed by atoms with Gasteiger partial charge in [-0.3, -0.25) is 0 Å². The second kappa shape index (κ2) is 8.68. The number of nitrogens with one attached hydrogen (secondary N) is 1. The number of rotatable bonds is 7. The predicted molar refractivity (Wildman–Crippen MR) is 110 cm³/mol. The average molecular weight is 403 g/mol. The molecule has 0 radical (unpaired) electrons. The van der Waals surface area contributed by atoms with Crippen LogP contribution in [0.25, 0.3) is 0 Å². The van der Waals surface area contributed by atoms with E-state index in [-0.39, 0.29) is 12.1 Å². The van der Waals surface area contributed by atoms with Crippen LogP contribution in [0.5, 0.6) is 5.75 Å². The molecule has 1 aliphatic heterocycles. The van der Waals surface area contributed by atoms with Crippen molar-refractivity contribution in [2.45, 2.75) is 51.9 Å². The van der Waals surface area contributed by atoms with E-state index < -0.39 is 6.04 Å². The molecule has 3 rings (SSSR count). The van der Waals surface area contributed by atoms with Crippen LogP contribution < -0.4 is 10.1 Å². The van der Waals surface area contributed by atoms with Gasteiger partial charge >= 0.3 is 5.97 Å². The summed E-state index contributed by atoms with van der Waals surface area (Å²) in [6.45, 7) is 10.1. The van der Waals surface area contributed by atoms with Crippen molar-refractivity contribution < 1.29 is 14.3 Å². The van der Waals surface area contributed by atoms with Crippen molar-refractivity contribution in [2.24, 2.45) is 0 Å². The third-order valence-corrected chi connectivity index (χ3v) is 4.90. The molecule has 1 N–H and O–H groups in total. The van der Waals surface area contributed by atoms with E-state index in [2.05, 4.69) is 22.3 Å². The van der Waals surface area contributed by atoms with Crippen LogP contribution in [0.2, 0.25) is 0 Å². The fraction of sp³-hybridized carbons (Fsp3) is 0.450. The van der Waals surface area contributed by atoms with Gasteiger partial charge in [0.15, 0.2) is 0 Å². The number of anilines is 1. The summed E-state index contributed by atoms with van der Waals surface area (Å²) in [5.74, 6) is 1.91. The molecular formula is C20H26N4O3S. The SMILES string of the molecule is CCOc1ccc(C2C(C(=O)OC(C)C)=C(C)Nc3nc(SCC)nn32)cc1. The highest BCUT2D eigenvalue weighted by Crippen LogP contribution is 2.37. The first-order chi connectivity index (χ1) is 13.4. The van der Waals surface area contributed by atoms with Crippen LogP contribution in [0.3, 0.4) is 0 Å². The smallest absolute Gasteiger partial charge is 0.338 e. The van der Waals surface area contributed by atoms with Gasteiger partial charge in [-0.05, 0) is 51.1 Å². The van der Waals surface area contributed by atoms with E-state index in [1.165, 1.54) is 0 Å². The van der Waals surface area contributed by atoms with Gasteiger partial charge in [-0.15, -0.1) is 5.10 Å². The van der Waals surface area contributed by atoms with Crippen LogP contribution in [-0.4, -0.2) is 39.2 Å².